The highest BCUT2D eigenvalue weighted by atomic mass is 35.5. The number of aromatic amines is 1. The monoisotopic (exact) mass is 453 g/mol. The Morgan fingerprint density at radius 3 is 2.60 bits per heavy atom. The molecule has 0 bridgehead atoms. The van der Waals surface area contributed by atoms with Crippen LogP contribution in [0.25, 0.3) is 10.8 Å². The molecule has 1 aliphatic rings. The fourth-order valence-electron chi connectivity index (χ4n) is 3.51. The van der Waals surface area contributed by atoms with E-state index in [2.05, 4.69) is 10.3 Å². The molecule has 0 saturated carbocycles. The number of benzene rings is 2. The number of urea groups is 1. The summed E-state index contributed by atoms with van der Waals surface area (Å²) in [5.74, 6) is -1.31. The number of halogens is 4. The van der Waals surface area contributed by atoms with E-state index in [0.717, 1.165) is 6.07 Å². The van der Waals surface area contributed by atoms with Crippen LogP contribution in [0.3, 0.4) is 0 Å². The van der Waals surface area contributed by atoms with Crippen LogP contribution in [0.5, 0.6) is 0 Å². The normalized spacial score (nSPS) is 15.7. The molecule has 0 aliphatic carbocycles. The van der Waals surface area contributed by atoms with Crippen molar-refractivity contribution >= 4 is 45.7 Å². The molecule has 0 spiro atoms. The van der Waals surface area contributed by atoms with E-state index in [1.54, 1.807) is 7.05 Å². The van der Waals surface area contributed by atoms with Crippen LogP contribution in [0.4, 0.5) is 19.3 Å². The first-order valence-electron chi connectivity index (χ1n) is 8.86. The lowest BCUT2D eigenvalue weighted by molar-refractivity contribution is 0.0527. The Hall–Kier alpha value is -2.68. The number of nitrogens with zero attached hydrogens (tertiary/aromatic N) is 1. The van der Waals surface area contributed by atoms with Gasteiger partial charge in [0.1, 0.15) is 5.82 Å². The van der Waals surface area contributed by atoms with Gasteiger partial charge in [-0.1, -0.05) is 29.3 Å². The van der Waals surface area contributed by atoms with Crippen molar-refractivity contribution in [3.8, 4) is 0 Å². The lowest BCUT2D eigenvalue weighted by Crippen LogP contribution is -2.39. The molecule has 2 amide bonds. The van der Waals surface area contributed by atoms with Crippen molar-refractivity contribution in [2.75, 3.05) is 19.0 Å². The molecule has 1 aliphatic heterocycles. The molecular formula is C20H15Cl2F2N3O3. The molecule has 4 rings (SSSR count). The topological polar surface area (TPSA) is 74.4 Å². The summed E-state index contributed by atoms with van der Waals surface area (Å²) in [6, 6.07) is 5.33. The number of amides is 2. The van der Waals surface area contributed by atoms with Crippen LogP contribution in [0, 0.1) is 11.6 Å². The SMILES string of the molecule is CN(C(=O)Nc1cc(Cl)c(F)c(Cl)c1)C1COCc2[nH]c(=O)c3cc(F)ccc3c21. The third kappa shape index (κ3) is 3.62. The van der Waals surface area contributed by atoms with Gasteiger partial charge in [-0.3, -0.25) is 4.79 Å². The lowest BCUT2D eigenvalue weighted by Gasteiger charge is -2.33. The number of carbonyl (C=O) groups excluding carboxylic acids is 1. The summed E-state index contributed by atoms with van der Waals surface area (Å²) >= 11 is 11.6. The summed E-state index contributed by atoms with van der Waals surface area (Å²) in [5.41, 5.74) is 0.968. The van der Waals surface area contributed by atoms with Crippen LogP contribution in [-0.4, -0.2) is 29.6 Å². The van der Waals surface area contributed by atoms with Gasteiger partial charge in [-0.05, 0) is 29.7 Å². The summed E-state index contributed by atoms with van der Waals surface area (Å²) in [6.07, 6.45) is 0. The van der Waals surface area contributed by atoms with E-state index in [-0.39, 0.29) is 34.3 Å². The van der Waals surface area contributed by atoms with E-state index < -0.39 is 29.3 Å². The minimum absolute atomic E-state index is 0.160. The lowest BCUT2D eigenvalue weighted by atomic mass is 9.96. The highest BCUT2D eigenvalue weighted by molar-refractivity contribution is 6.35. The molecule has 2 heterocycles. The zero-order valence-corrected chi connectivity index (χ0v) is 17.1. The number of rotatable bonds is 2. The van der Waals surface area contributed by atoms with Gasteiger partial charge in [0.2, 0.25) is 0 Å². The van der Waals surface area contributed by atoms with Crippen molar-refractivity contribution in [2.24, 2.45) is 0 Å². The number of H-pyrrole nitrogens is 1. The number of carbonyl (C=O) groups is 1. The number of hydrogen-bond donors (Lipinski definition) is 2. The Balaban J connectivity index is 1.70. The second kappa shape index (κ2) is 7.86. The number of likely N-dealkylation sites (N-methyl/N-ethyl adjacent to an activating group) is 1. The number of anilines is 1. The standard InChI is InChI=1S/C20H15Cl2F2N3O3/c1-27(20(29)25-10-5-13(21)18(24)14(22)6-10)16-8-30-7-15-17(16)11-3-2-9(23)4-12(11)19(28)26-15/h2-6,16H,7-8H2,1H3,(H,25,29)(H,26,28). The number of ether oxygens (including phenoxy) is 1. The Labute approximate surface area is 179 Å². The van der Waals surface area contributed by atoms with Gasteiger partial charge >= 0.3 is 6.03 Å². The zero-order chi connectivity index (χ0) is 21.6. The van der Waals surface area contributed by atoms with Gasteiger partial charge in [0.15, 0.2) is 5.82 Å². The molecule has 10 heteroatoms. The molecule has 1 aromatic heterocycles. The van der Waals surface area contributed by atoms with E-state index in [9.17, 15) is 18.4 Å². The van der Waals surface area contributed by atoms with Gasteiger partial charge in [-0.15, -0.1) is 0 Å². The zero-order valence-electron chi connectivity index (χ0n) is 15.6. The molecular weight excluding hydrogens is 439 g/mol. The van der Waals surface area contributed by atoms with Gasteiger partial charge < -0.3 is 19.9 Å². The first-order chi connectivity index (χ1) is 14.3. The van der Waals surface area contributed by atoms with Gasteiger partial charge in [0, 0.05) is 24.0 Å². The number of aromatic nitrogens is 1. The van der Waals surface area contributed by atoms with Crippen molar-refractivity contribution in [1.82, 2.24) is 9.88 Å². The maximum absolute atomic E-state index is 13.7. The highest BCUT2D eigenvalue weighted by Gasteiger charge is 2.30. The van der Waals surface area contributed by atoms with Crippen LogP contribution in [0.2, 0.25) is 10.0 Å². The number of hydrogen-bond acceptors (Lipinski definition) is 3. The Morgan fingerprint density at radius 2 is 1.90 bits per heavy atom. The maximum Gasteiger partial charge on any atom is 0.322 e. The van der Waals surface area contributed by atoms with Crippen molar-refractivity contribution < 1.29 is 18.3 Å². The predicted molar refractivity (Wildman–Crippen MR) is 110 cm³/mol. The van der Waals surface area contributed by atoms with Gasteiger partial charge in [-0.25, -0.2) is 13.6 Å². The average Bonchev–Trinajstić information content (AvgIpc) is 2.71. The van der Waals surface area contributed by atoms with E-state index in [4.69, 9.17) is 27.9 Å². The number of fused-ring (bicyclic) bond motifs is 3. The van der Waals surface area contributed by atoms with Crippen LogP contribution in [0.15, 0.2) is 35.1 Å². The second-order valence-electron chi connectivity index (χ2n) is 6.86. The maximum atomic E-state index is 13.7. The minimum Gasteiger partial charge on any atom is -0.373 e. The van der Waals surface area contributed by atoms with E-state index in [0.29, 0.717) is 16.6 Å². The smallest absolute Gasteiger partial charge is 0.322 e. The van der Waals surface area contributed by atoms with Crippen LogP contribution >= 0.6 is 23.2 Å². The summed E-state index contributed by atoms with van der Waals surface area (Å²) in [5, 5.41) is 2.89. The van der Waals surface area contributed by atoms with Crippen molar-refractivity contribution in [3.63, 3.8) is 0 Å². The van der Waals surface area contributed by atoms with Gasteiger partial charge in [0.05, 0.1) is 34.7 Å². The fourth-order valence-corrected chi connectivity index (χ4v) is 4.00. The van der Waals surface area contributed by atoms with E-state index in [1.807, 2.05) is 0 Å². The van der Waals surface area contributed by atoms with Crippen molar-refractivity contribution in [1.29, 1.82) is 0 Å². The predicted octanol–water partition coefficient (Wildman–Crippen LogP) is 4.85. The summed E-state index contributed by atoms with van der Waals surface area (Å²) in [6.45, 7) is 0.327. The molecule has 30 heavy (non-hydrogen) atoms. The molecule has 156 valence electrons. The molecule has 3 aromatic rings. The van der Waals surface area contributed by atoms with Crippen LogP contribution in [0.1, 0.15) is 17.3 Å². The third-order valence-corrected chi connectivity index (χ3v) is 5.53. The molecule has 0 saturated heterocycles. The minimum atomic E-state index is -0.776. The summed E-state index contributed by atoms with van der Waals surface area (Å²) < 4.78 is 32.8. The molecule has 6 nitrogen and oxygen atoms in total. The Morgan fingerprint density at radius 1 is 1.20 bits per heavy atom. The molecule has 0 radical (unpaired) electrons. The Bertz CT molecular complexity index is 1210. The third-order valence-electron chi connectivity index (χ3n) is 4.98. The molecule has 0 fully saturated rings. The van der Waals surface area contributed by atoms with E-state index >= 15 is 0 Å². The van der Waals surface area contributed by atoms with E-state index in [1.165, 1.54) is 29.2 Å². The average molecular weight is 454 g/mol. The first-order valence-corrected chi connectivity index (χ1v) is 9.62. The second-order valence-corrected chi connectivity index (χ2v) is 7.68. The van der Waals surface area contributed by atoms with Crippen LogP contribution < -0.4 is 10.9 Å². The quantitative estimate of drug-likeness (QED) is 0.544. The van der Waals surface area contributed by atoms with Crippen molar-refractivity contribution in [3.05, 3.63) is 73.6 Å². The number of nitrogens with one attached hydrogen (secondary N) is 2. The molecule has 1 atom stereocenters. The largest absolute Gasteiger partial charge is 0.373 e. The molecule has 2 N–H and O–H groups in total. The Kier molecular flexibility index (Phi) is 5.40. The summed E-state index contributed by atoms with van der Waals surface area (Å²) in [4.78, 5) is 29.2. The van der Waals surface area contributed by atoms with Gasteiger partial charge in [-0.2, -0.15) is 0 Å². The molecule has 2 aromatic carbocycles. The van der Waals surface area contributed by atoms with Crippen LogP contribution in [-0.2, 0) is 11.3 Å². The fraction of sp³-hybridized carbons (Fsp3) is 0.200. The molecule has 1 unspecified atom stereocenters. The van der Waals surface area contributed by atoms with Crippen molar-refractivity contribution in [2.45, 2.75) is 12.6 Å². The van der Waals surface area contributed by atoms with Gasteiger partial charge in [0.25, 0.3) is 5.56 Å². The highest BCUT2D eigenvalue weighted by Crippen LogP contribution is 2.34. The first kappa shape index (κ1) is 20.6. The summed E-state index contributed by atoms with van der Waals surface area (Å²) in [7, 11) is 1.55. The number of pyridine rings is 1.